The number of aromatic hydroxyl groups is 1. The smallest absolute Gasteiger partial charge is 0.343 e. The average Bonchev–Trinajstić information content (AvgIpc) is 2.46. The van der Waals surface area contributed by atoms with Gasteiger partial charge in [0, 0.05) is 5.56 Å². The number of nitrogens with zero attached hydrogens (tertiary/aromatic N) is 1. The second-order valence-corrected chi connectivity index (χ2v) is 4.33. The van der Waals surface area contributed by atoms with Crippen molar-refractivity contribution in [3.63, 3.8) is 0 Å². The first-order valence-corrected chi connectivity index (χ1v) is 5.90. The Bertz CT molecular complexity index is 910. The van der Waals surface area contributed by atoms with Gasteiger partial charge in [0.15, 0.2) is 5.58 Å². The van der Waals surface area contributed by atoms with Gasteiger partial charge in [-0.25, -0.2) is 9.89 Å². The average molecular weight is 270 g/mol. The molecule has 0 atom stereocenters. The normalized spacial score (nSPS) is 10.8. The maximum Gasteiger partial charge on any atom is 0.343 e. The predicted molar refractivity (Wildman–Crippen MR) is 72.7 cm³/mol. The van der Waals surface area contributed by atoms with Crippen molar-refractivity contribution in [2.24, 2.45) is 0 Å². The molecule has 6 heteroatoms. The molecule has 2 heterocycles. The lowest BCUT2D eigenvalue weighted by atomic mass is 10.1. The first-order chi connectivity index (χ1) is 9.59. The Morgan fingerprint density at radius 3 is 2.60 bits per heavy atom. The molecule has 100 valence electrons. The number of aromatic amines is 1. The van der Waals surface area contributed by atoms with Crippen molar-refractivity contribution in [3.05, 3.63) is 56.7 Å². The summed E-state index contributed by atoms with van der Waals surface area (Å²) in [5.41, 5.74) is -0.363. The molecule has 3 aromatic rings. The summed E-state index contributed by atoms with van der Waals surface area (Å²) in [5.74, 6) is -0.378. The molecule has 0 aliphatic rings. The second kappa shape index (κ2) is 4.34. The van der Waals surface area contributed by atoms with E-state index in [0.717, 1.165) is 0 Å². The van der Waals surface area contributed by atoms with Crippen molar-refractivity contribution < 1.29 is 9.52 Å². The Hall–Kier alpha value is -2.89. The lowest BCUT2D eigenvalue weighted by Crippen LogP contribution is -2.14. The largest absolute Gasteiger partial charge is 0.506 e. The van der Waals surface area contributed by atoms with Crippen LogP contribution in [0.15, 0.2) is 44.3 Å². The fourth-order valence-corrected chi connectivity index (χ4v) is 1.99. The standard InChI is InChI=1S/C14H10N2O4/c1-7-11(17)9-12(20-14(7)19)10(15-16-13(9)18)8-5-3-2-4-6-8/h2-6,17H,1H3,(H,16,18). The molecular formula is C14H10N2O4. The summed E-state index contributed by atoms with van der Waals surface area (Å²) in [7, 11) is 0. The molecule has 2 aromatic heterocycles. The Labute approximate surface area is 112 Å². The van der Waals surface area contributed by atoms with Gasteiger partial charge in [0.1, 0.15) is 16.8 Å². The molecule has 0 fully saturated rings. The predicted octanol–water partition coefficient (Wildman–Crippen LogP) is 1.56. The van der Waals surface area contributed by atoms with E-state index in [9.17, 15) is 14.7 Å². The number of rotatable bonds is 1. The summed E-state index contributed by atoms with van der Waals surface area (Å²) in [5, 5.41) is 16.1. The van der Waals surface area contributed by atoms with Crippen LogP contribution in [0.3, 0.4) is 0 Å². The number of nitrogens with one attached hydrogen (secondary N) is 1. The summed E-state index contributed by atoms with van der Waals surface area (Å²) in [6.45, 7) is 1.39. The van der Waals surface area contributed by atoms with Crippen molar-refractivity contribution in [2.45, 2.75) is 6.92 Å². The van der Waals surface area contributed by atoms with Gasteiger partial charge in [-0.1, -0.05) is 30.3 Å². The zero-order valence-corrected chi connectivity index (χ0v) is 10.5. The second-order valence-electron chi connectivity index (χ2n) is 4.33. The molecule has 0 spiro atoms. The summed E-state index contributed by atoms with van der Waals surface area (Å²) in [6, 6.07) is 8.93. The molecule has 0 saturated heterocycles. The zero-order valence-electron chi connectivity index (χ0n) is 10.5. The molecule has 0 unspecified atom stereocenters. The minimum Gasteiger partial charge on any atom is -0.506 e. The quantitative estimate of drug-likeness (QED) is 0.699. The molecule has 0 bridgehead atoms. The first-order valence-electron chi connectivity index (χ1n) is 5.90. The maximum atomic E-state index is 11.8. The van der Waals surface area contributed by atoms with Gasteiger partial charge in [-0.2, -0.15) is 5.10 Å². The van der Waals surface area contributed by atoms with Gasteiger partial charge in [0.2, 0.25) is 0 Å². The highest BCUT2D eigenvalue weighted by Gasteiger charge is 2.18. The summed E-state index contributed by atoms with van der Waals surface area (Å²) < 4.78 is 5.14. The van der Waals surface area contributed by atoms with Gasteiger partial charge in [-0.15, -0.1) is 0 Å². The fraction of sp³-hybridized carbons (Fsp3) is 0.0714. The van der Waals surface area contributed by atoms with Gasteiger partial charge >= 0.3 is 5.63 Å². The maximum absolute atomic E-state index is 11.8. The molecule has 0 saturated carbocycles. The number of benzene rings is 1. The minimum absolute atomic E-state index is 0.00629. The van der Waals surface area contributed by atoms with E-state index >= 15 is 0 Å². The molecule has 0 aliphatic heterocycles. The van der Waals surface area contributed by atoms with Crippen molar-refractivity contribution in [2.75, 3.05) is 0 Å². The van der Waals surface area contributed by atoms with Gasteiger partial charge in [-0.05, 0) is 6.92 Å². The molecule has 20 heavy (non-hydrogen) atoms. The Morgan fingerprint density at radius 2 is 1.90 bits per heavy atom. The van der Waals surface area contributed by atoms with Gasteiger partial charge in [0.25, 0.3) is 5.56 Å². The van der Waals surface area contributed by atoms with Crippen LogP contribution in [-0.2, 0) is 0 Å². The van der Waals surface area contributed by atoms with Gasteiger partial charge in [0.05, 0.1) is 5.56 Å². The number of hydrogen-bond acceptors (Lipinski definition) is 5. The number of H-pyrrole nitrogens is 1. The topological polar surface area (TPSA) is 96.2 Å². The highest BCUT2D eigenvalue weighted by atomic mass is 16.4. The lowest BCUT2D eigenvalue weighted by molar-refractivity contribution is 0.460. The monoisotopic (exact) mass is 270 g/mol. The summed E-state index contributed by atoms with van der Waals surface area (Å²) in [4.78, 5) is 23.5. The van der Waals surface area contributed by atoms with Crippen molar-refractivity contribution >= 4 is 11.0 Å². The molecule has 0 amide bonds. The van der Waals surface area contributed by atoms with Crippen LogP contribution in [-0.4, -0.2) is 15.3 Å². The fourth-order valence-electron chi connectivity index (χ4n) is 1.99. The highest BCUT2D eigenvalue weighted by Crippen LogP contribution is 2.28. The molecule has 6 nitrogen and oxygen atoms in total. The highest BCUT2D eigenvalue weighted by molar-refractivity contribution is 5.92. The first kappa shape index (κ1) is 12.2. The Kier molecular flexibility index (Phi) is 2.64. The van der Waals surface area contributed by atoms with Crippen LogP contribution >= 0.6 is 0 Å². The van der Waals surface area contributed by atoms with Gasteiger partial charge in [-0.3, -0.25) is 4.79 Å². The number of aromatic nitrogens is 2. The molecule has 0 radical (unpaired) electrons. The lowest BCUT2D eigenvalue weighted by Gasteiger charge is -2.06. The van der Waals surface area contributed by atoms with Crippen LogP contribution in [0.5, 0.6) is 5.75 Å². The molecular weight excluding hydrogens is 260 g/mol. The molecule has 1 aromatic carbocycles. The van der Waals surface area contributed by atoms with Crippen LogP contribution in [0.2, 0.25) is 0 Å². The third-order valence-electron chi connectivity index (χ3n) is 3.08. The number of hydrogen-bond donors (Lipinski definition) is 2. The Balaban J connectivity index is 2.51. The van der Waals surface area contributed by atoms with E-state index in [2.05, 4.69) is 10.2 Å². The van der Waals surface area contributed by atoms with Crippen LogP contribution in [0.1, 0.15) is 5.56 Å². The number of fused-ring (bicyclic) bond motifs is 1. The van der Waals surface area contributed by atoms with E-state index in [1.54, 1.807) is 24.3 Å². The zero-order chi connectivity index (χ0) is 14.3. The van der Waals surface area contributed by atoms with Crippen LogP contribution in [0.4, 0.5) is 0 Å². The minimum atomic E-state index is -0.695. The molecule has 2 N–H and O–H groups in total. The van der Waals surface area contributed by atoms with Crippen LogP contribution in [0.25, 0.3) is 22.2 Å². The van der Waals surface area contributed by atoms with Crippen molar-refractivity contribution in [1.82, 2.24) is 10.2 Å². The van der Waals surface area contributed by atoms with Crippen LogP contribution in [0, 0.1) is 6.92 Å². The van der Waals surface area contributed by atoms with E-state index < -0.39 is 11.2 Å². The van der Waals surface area contributed by atoms with E-state index in [-0.39, 0.29) is 22.3 Å². The molecule has 0 aliphatic carbocycles. The van der Waals surface area contributed by atoms with E-state index in [4.69, 9.17) is 4.42 Å². The van der Waals surface area contributed by atoms with Crippen molar-refractivity contribution in [3.8, 4) is 17.0 Å². The third kappa shape index (κ3) is 1.70. The SMILES string of the molecule is Cc1c(O)c2c(=O)[nH]nc(-c3ccccc3)c2oc1=O. The summed E-state index contributed by atoms with van der Waals surface area (Å²) in [6.07, 6.45) is 0. The van der Waals surface area contributed by atoms with Gasteiger partial charge < -0.3 is 9.52 Å². The van der Waals surface area contributed by atoms with E-state index in [1.165, 1.54) is 6.92 Å². The van der Waals surface area contributed by atoms with E-state index in [0.29, 0.717) is 11.3 Å². The Morgan fingerprint density at radius 1 is 1.20 bits per heavy atom. The van der Waals surface area contributed by atoms with Crippen LogP contribution < -0.4 is 11.2 Å². The van der Waals surface area contributed by atoms with Crippen molar-refractivity contribution in [1.29, 1.82) is 0 Å². The third-order valence-corrected chi connectivity index (χ3v) is 3.08. The summed E-state index contributed by atoms with van der Waals surface area (Å²) >= 11 is 0. The van der Waals surface area contributed by atoms with E-state index in [1.807, 2.05) is 6.07 Å². The molecule has 3 rings (SSSR count).